The predicted octanol–water partition coefficient (Wildman–Crippen LogP) is 4.67. The van der Waals surface area contributed by atoms with E-state index in [1.807, 2.05) is 59.3 Å². The fourth-order valence-electron chi connectivity index (χ4n) is 3.54. The molecule has 1 N–H and O–H groups in total. The van der Waals surface area contributed by atoms with Crippen LogP contribution in [-0.2, 0) is 13.1 Å². The molecule has 0 aliphatic heterocycles. The van der Waals surface area contributed by atoms with E-state index in [4.69, 9.17) is 4.42 Å². The first kappa shape index (κ1) is 18.8. The molecule has 0 saturated heterocycles. The van der Waals surface area contributed by atoms with Gasteiger partial charge in [0.05, 0.1) is 23.7 Å². The number of fused-ring (bicyclic) bond motifs is 1. The molecular weight excluding hydrogens is 388 g/mol. The molecular formula is C25H20N4O2. The lowest BCUT2D eigenvalue weighted by Crippen LogP contribution is -2.23. The number of nitrogens with zero attached hydrogens (tertiary/aromatic N) is 3. The first-order chi connectivity index (χ1) is 15.3. The molecule has 2 aromatic carbocycles. The predicted molar refractivity (Wildman–Crippen MR) is 118 cm³/mol. The van der Waals surface area contributed by atoms with Crippen LogP contribution in [0.3, 0.4) is 0 Å². The molecule has 1 amide bonds. The number of carbonyl (C=O) groups is 1. The number of para-hydroxylation sites is 1. The highest BCUT2D eigenvalue weighted by Gasteiger charge is 2.15. The summed E-state index contributed by atoms with van der Waals surface area (Å²) in [6.07, 6.45) is 7.10. The van der Waals surface area contributed by atoms with Gasteiger partial charge in [-0.1, -0.05) is 42.5 Å². The molecule has 6 nitrogen and oxygen atoms in total. The Bertz CT molecular complexity index is 1310. The van der Waals surface area contributed by atoms with Gasteiger partial charge in [0.1, 0.15) is 5.69 Å². The van der Waals surface area contributed by atoms with E-state index in [9.17, 15) is 4.79 Å². The van der Waals surface area contributed by atoms with Crippen molar-refractivity contribution < 1.29 is 9.21 Å². The Morgan fingerprint density at radius 2 is 1.84 bits per heavy atom. The highest BCUT2D eigenvalue weighted by Crippen LogP contribution is 2.25. The number of furan rings is 1. The molecule has 0 spiro atoms. The molecule has 0 saturated carbocycles. The fourth-order valence-corrected chi connectivity index (χ4v) is 3.54. The molecule has 3 heterocycles. The van der Waals surface area contributed by atoms with Crippen LogP contribution in [0.5, 0.6) is 0 Å². The standard InChI is InChI=1S/C25H20N4O2/c30-25(27-15-18-7-9-19(10-8-18)16-29-12-11-26-17-29)21-14-23(24-6-3-13-31-24)28-22-5-2-1-4-20(21)22/h1-14,17H,15-16H2,(H,27,30). The maximum atomic E-state index is 13.1. The van der Waals surface area contributed by atoms with E-state index in [1.165, 1.54) is 5.56 Å². The van der Waals surface area contributed by atoms with Crippen LogP contribution in [0.15, 0.2) is 96.1 Å². The molecule has 3 aromatic heterocycles. The summed E-state index contributed by atoms with van der Waals surface area (Å²) in [5, 5.41) is 3.84. The van der Waals surface area contributed by atoms with Crippen molar-refractivity contribution in [1.82, 2.24) is 19.9 Å². The fraction of sp³-hybridized carbons (Fsp3) is 0.0800. The number of amides is 1. The number of benzene rings is 2. The highest BCUT2D eigenvalue weighted by molar-refractivity contribution is 6.07. The molecule has 0 aliphatic carbocycles. The van der Waals surface area contributed by atoms with Crippen LogP contribution in [0.2, 0.25) is 0 Å². The van der Waals surface area contributed by atoms with E-state index < -0.39 is 0 Å². The Hall–Kier alpha value is -4.19. The van der Waals surface area contributed by atoms with E-state index in [2.05, 4.69) is 27.4 Å². The van der Waals surface area contributed by atoms with Gasteiger partial charge in [0, 0.05) is 30.9 Å². The summed E-state index contributed by atoms with van der Waals surface area (Å²) >= 11 is 0. The van der Waals surface area contributed by atoms with Gasteiger partial charge < -0.3 is 14.3 Å². The molecule has 0 atom stereocenters. The number of aromatic nitrogens is 3. The molecule has 0 radical (unpaired) electrons. The zero-order valence-electron chi connectivity index (χ0n) is 16.7. The van der Waals surface area contributed by atoms with Crippen molar-refractivity contribution in [2.45, 2.75) is 13.1 Å². The SMILES string of the molecule is O=C(NCc1ccc(Cn2ccnc2)cc1)c1cc(-c2ccco2)nc2ccccc12. The van der Waals surface area contributed by atoms with Crippen LogP contribution in [0.25, 0.3) is 22.4 Å². The smallest absolute Gasteiger partial charge is 0.252 e. The molecule has 6 heteroatoms. The van der Waals surface area contributed by atoms with Gasteiger partial charge in [-0.05, 0) is 35.4 Å². The highest BCUT2D eigenvalue weighted by atomic mass is 16.3. The number of pyridine rings is 1. The number of rotatable bonds is 6. The maximum absolute atomic E-state index is 13.1. The third-order valence-electron chi connectivity index (χ3n) is 5.13. The minimum atomic E-state index is -0.145. The van der Waals surface area contributed by atoms with Crippen LogP contribution < -0.4 is 5.32 Å². The average Bonchev–Trinajstić information content (AvgIpc) is 3.52. The van der Waals surface area contributed by atoms with Crippen molar-refractivity contribution in [3.63, 3.8) is 0 Å². The largest absolute Gasteiger partial charge is 0.463 e. The molecule has 0 unspecified atom stereocenters. The molecule has 31 heavy (non-hydrogen) atoms. The van der Waals surface area contributed by atoms with Crippen LogP contribution in [0.4, 0.5) is 0 Å². The van der Waals surface area contributed by atoms with Gasteiger partial charge in [-0.25, -0.2) is 9.97 Å². The molecule has 5 rings (SSSR count). The van der Waals surface area contributed by atoms with Gasteiger partial charge in [0.2, 0.25) is 0 Å². The van der Waals surface area contributed by atoms with Gasteiger partial charge >= 0.3 is 0 Å². The van der Waals surface area contributed by atoms with Crippen LogP contribution in [0, 0.1) is 0 Å². The summed E-state index contributed by atoms with van der Waals surface area (Å²) in [6.45, 7) is 1.21. The summed E-state index contributed by atoms with van der Waals surface area (Å²) in [6, 6.07) is 21.3. The average molecular weight is 408 g/mol. The normalized spacial score (nSPS) is 11.0. The van der Waals surface area contributed by atoms with E-state index in [0.717, 1.165) is 23.0 Å². The molecule has 0 bridgehead atoms. The summed E-state index contributed by atoms with van der Waals surface area (Å²) in [7, 11) is 0. The summed E-state index contributed by atoms with van der Waals surface area (Å²) < 4.78 is 7.50. The Labute approximate surface area is 179 Å². The lowest BCUT2D eigenvalue weighted by atomic mass is 10.1. The van der Waals surface area contributed by atoms with E-state index >= 15 is 0 Å². The van der Waals surface area contributed by atoms with Gasteiger partial charge in [-0.3, -0.25) is 4.79 Å². The minimum absolute atomic E-state index is 0.145. The summed E-state index contributed by atoms with van der Waals surface area (Å²) in [5.74, 6) is 0.488. The van der Waals surface area contributed by atoms with E-state index in [-0.39, 0.29) is 5.91 Å². The Morgan fingerprint density at radius 1 is 1.00 bits per heavy atom. The first-order valence-corrected chi connectivity index (χ1v) is 10.0. The lowest BCUT2D eigenvalue weighted by Gasteiger charge is -2.10. The second kappa shape index (κ2) is 8.28. The number of hydrogen-bond acceptors (Lipinski definition) is 4. The Morgan fingerprint density at radius 3 is 2.61 bits per heavy atom. The number of nitrogens with one attached hydrogen (secondary N) is 1. The third-order valence-corrected chi connectivity index (χ3v) is 5.13. The topological polar surface area (TPSA) is 73.0 Å². The van der Waals surface area contributed by atoms with Crippen molar-refractivity contribution in [1.29, 1.82) is 0 Å². The molecule has 0 fully saturated rings. The van der Waals surface area contributed by atoms with Crippen molar-refractivity contribution in [2.24, 2.45) is 0 Å². The van der Waals surface area contributed by atoms with Gasteiger partial charge in [0.15, 0.2) is 5.76 Å². The number of imidazole rings is 1. The quantitative estimate of drug-likeness (QED) is 0.443. The molecule has 5 aromatic rings. The molecule has 152 valence electrons. The molecule has 0 aliphatic rings. The van der Waals surface area contributed by atoms with Crippen molar-refractivity contribution in [2.75, 3.05) is 0 Å². The number of carbonyl (C=O) groups excluding carboxylic acids is 1. The van der Waals surface area contributed by atoms with E-state index in [1.54, 1.807) is 24.9 Å². The third kappa shape index (κ3) is 4.09. The van der Waals surface area contributed by atoms with E-state index in [0.29, 0.717) is 23.6 Å². The summed E-state index contributed by atoms with van der Waals surface area (Å²) in [4.78, 5) is 21.8. The summed E-state index contributed by atoms with van der Waals surface area (Å²) in [5.41, 5.74) is 4.18. The number of hydrogen-bond donors (Lipinski definition) is 1. The Balaban J connectivity index is 1.34. The maximum Gasteiger partial charge on any atom is 0.252 e. The minimum Gasteiger partial charge on any atom is -0.463 e. The van der Waals surface area contributed by atoms with Crippen molar-refractivity contribution in [3.05, 3.63) is 108 Å². The first-order valence-electron chi connectivity index (χ1n) is 10.0. The monoisotopic (exact) mass is 408 g/mol. The Kier molecular flexibility index (Phi) is 5.02. The van der Waals surface area contributed by atoms with Crippen molar-refractivity contribution in [3.8, 4) is 11.5 Å². The lowest BCUT2D eigenvalue weighted by molar-refractivity contribution is 0.0952. The van der Waals surface area contributed by atoms with Crippen LogP contribution in [-0.4, -0.2) is 20.4 Å². The van der Waals surface area contributed by atoms with Crippen LogP contribution >= 0.6 is 0 Å². The van der Waals surface area contributed by atoms with Crippen molar-refractivity contribution >= 4 is 16.8 Å². The zero-order chi connectivity index (χ0) is 21.0. The zero-order valence-corrected chi connectivity index (χ0v) is 16.7. The second-order valence-electron chi connectivity index (χ2n) is 7.28. The van der Waals surface area contributed by atoms with Gasteiger partial charge in [0.25, 0.3) is 5.91 Å². The van der Waals surface area contributed by atoms with Crippen LogP contribution in [0.1, 0.15) is 21.5 Å². The van der Waals surface area contributed by atoms with Gasteiger partial charge in [-0.2, -0.15) is 0 Å². The van der Waals surface area contributed by atoms with Gasteiger partial charge in [-0.15, -0.1) is 0 Å². The second-order valence-corrected chi connectivity index (χ2v) is 7.28.